The van der Waals surface area contributed by atoms with E-state index in [4.69, 9.17) is 0 Å². The van der Waals surface area contributed by atoms with Gasteiger partial charge in [-0.15, -0.1) is 0 Å². The van der Waals surface area contributed by atoms with Crippen molar-refractivity contribution < 1.29 is 0 Å². The summed E-state index contributed by atoms with van der Waals surface area (Å²) in [5, 5.41) is 12.4. The van der Waals surface area contributed by atoms with Crippen LogP contribution in [0.5, 0.6) is 0 Å². The molecule has 2 aromatic heterocycles. The summed E-state index contributed by atoms with van der Waals surface area (Å²) in [4.78, 5) is 0. The molecule has 0 radical (unpaired) electrons. The predicted octanol–water partition coefficient (Wildman–Crippen LogP) is 19.2. The smallest absolute Gasteiger partial charge is 0.0625 e. The Hall–Kier alpha value is -9.24. The number of para-hydroxylation sites is 2. The van der Waals surface area contributed by atoms with Gasteiger partial charge in [-0.3, -0.25) is 0 Å². The van der Waals surface area contributed by atoms with Crippen LogP contribution < -0.4 is 0 Å². The van der Waals surface area contributed by atoms with Gasteiger partial charge in [0.15, 0.2) is 0 Å². The third-order valence-corrected chi connectivity index (χ3v) is 16.1. The van der Waals surface area contributed by atoms with Gasteiger partial charge >= 0.3 is 0 Å². The standard InChI is InChI=1S/C71H48N2/c1-71(2)63-43-49(72-65-37-13-11-31-61(65)67(57-33-15-23-45-19-3-7-27-51(45)57)69(72)59-35-17-25-47-21-5-9-29-53(47)59)39-41-55(63)56-42-40-50(44-64(56)71)73-66-38-14-12-32-62(66)68(58-34-16-24-46-20-4-8-28-52(46)58)70(73)60-36-18-26-48-22-6-10-30-54(48)60/h3-44H,1-2H3. The molecule has 0 spiro atoms. The van der Waals surface area contributed by atoms with E-state index in [0.717, 1.165) is 11.4 Å². The molecule has 12 aromatic carbocycles. The van der Waals surface area contributed by atoms with Crippen LogP contribution in [0.25, 0.3) is 132 Å². The maximum atomic E-state index is 2.55. The molecule has 0 atom stereocenters. The molecule has 0 amide bonds. The number of hydrogen-bond acceptors (Lipinski definition) is 0. The molecule has 2 heterocycles. The highest BCUT2D eigenvalue weighted by atomic mass is 15.0. The van der Waals surface area contributed by atoms with Gasteiger partial charge in [-0.05, 0) is 113 Å². The number of benzene rings is 12. The molecule has 0 unspecified atom stereocenters. The molecule has 0 fully saturated rings. The summed E-state index contributed by atoms with van der Waals surface area (Å²) in [7, 11) is 0. The Bertz CT molecular complexity index is 4280. The second kappa shape index (κ2) is 15.9. The molecule has 0 aliphatic heterocycles. The lowest BCUT2D eigenvalue weighted by molar-refractivity contribution is 0.659. The van der Waals surface area contributed by atoms with Crippen molar-refractivity contribution in [2.75, 3.05) is 0 Å². The maximum absolute atomic E-state index is 2.55. The van der Waals surface area contributed by atoms with Crippen LogP contribution in [0.2, 0.25) is 0 Å². The molecule has 0 saturated heterocycles. The molecule has 15 rings (SSSR count). The van der Waals surface area contributed by atoms with Gasteiger partial charge in [-0.25, -0.2) is 0 Å². The van der Waals surface area contributed by atoms with Crippen LogP contribution >= 0.6 is 0 Å². The van der Waals surface area contributed by atoms with Crippen molar-refractivity contribution in [2.24, 2.45) is 0 Å². The first-order valence-corrected chi connectivity index (χ1v) is 25.5. The SMILES string of the molecule is CC1(C)c2cc(-n3c(-c4cccc5ccccc45)c(-c4cccc5ccccc45)c4ccccc43)ccc2-c2ccc(-n3c(-c4cccc5ccccc45)c(-c4cccc5ccccc45)c4ccccc43)cc21. The Labute approximate surface area is 424 Å². The maximum Gasteiger partial charge on any atom is 0.0625 e. The van der Waals surface area contributed by atoms with E-state index in [-0.39, 0.29) is 5.41 Å². The average Bonchev–Trinajstić information content (AvgIpc) is 4.05. The van der Waals surface area contributed by atoms with Gasteiger partial charge in [0.05, 0.1) is 22.4 Å². The number of fused-ring (bicyclic) bond motifs is 9. The number of rotatable bonds is 6. The topological polar surface area (TPSA) is 9.86 Å². The summed E-state index contributed by atoms with van der Waals surface area (Å²) in [6.45, 7) is 4.85. The van der Waals surface area contributed by atoms with Crippen molar-refractivity contribution in [2.45, 2.75) is 19.3 Å². The van der Waals surface area contributed by atoms with Crippen molar-refractivity contribution in [1.29, 1.82) is 0 Å². The van der Waals surface area contributed by atoms with E-state index in [1.807, 2.05) is 0 Å². The van der Waals surface area contributed by atoms with E-state index in [0.29, 0.717) is 0 Å². The van der Waals surface area contributed by atoms with Gasteiger partial charge in [0.25, 0.3) is 0 Å². The molecular weight excluding hydrogens is 881 g/mol. The fourth-order valence-electron chi connectivity index (χ4n) is 12.8. The van der Waals surface area contributed by atoms with E-state index in [9.17, 15) is 0 Å². The first-order valence-electron chi connectivity index (χ1n) is 25.5. The van der Waals surface area contributed by atoms with Crippen molar-refractivity contribution in [3.63, 3.8) is 0 Å². The zero-order valence-corrected chi connectivity index (χ0v) is 40.6. The van der Waals surface area contributed by atoms with E-state index in [2.05, 4.69) is 278 Å². The van der Waals surface area contributed by atoms with E-state index >= 15 is 0 Å². The highest BCUT2D eigenvalue weighted by molar-refractivity contribution is 6.16. The van der Waals surface area contributed by atoms with Gasteiger partial charge in [-0.1, -0.05) is 232 Å². The summed E-state index contributed by atoms with van der Waals surface area (Å²) >= 11 is 0. The van der Waals surface area contributed by atoms with E-state index in [1.54, 1.807) is 0 Å². The first-order chi connectivity index (χ1) is 36.0. The number of aromatic nitrogens is 2. The molecule has 2 nitrogen and oxygen atoms in total. The fourth-order valence-corrected chi connectivity index (χ4v) is 12.8. The van der Waals surface area contributed by atoms with E-state index < -0.39 is 0 Å². The van der Waals surface area contributed by atoms with Crippen LogP contribution in [0.4, 0.5) is 0 Å². The quantitative estimate of drug-likeness (QED) is 0.157. The summed E-state index contributed by atoms with van der Waals surface area (Å²) in [5.41, 5.74) is 19.4. The minimum atomic E-state index is -0.321. The third-order valence-electron chi connectivity index (χ3n) is 16.1. The molecule has 342 valence electrons. The monoisotopic (exact) mass is 928 g/mol. The highest BCUT2D eigenvalue weighted by Crippen LogP contribution is 2.53. The number of nitrogens with zero attached hydrogens (tertiary/aromatic N) is 2. The van der Waals surface area contributed by atoms with Gasteiger partial charge in [0.1, 0.15) is 0 Å². The molecule has 14 aromatic rings. The van der Waals surface area contributed by atoms with Crippen LogP contribution in [-0.2, 0) is 5.41 Å². The Morgan fingerprint density at radius 1 is 0.260 bits per heavy atom. The lowest BCUT2D eigenvalue weighted by atomic mass is 9.82. The molecule has 0 bridgehead atoms. The second-order valence-corrected chi connectivity index (χ2v) is 20.3. The Balaban J connectivity index is 0.961. The molecule has 1 aliphatic rings. The van der Waals surface area contributed by atoms with Crippen LogP contribution in [0.1, 0.15) is 25.0 Å². The third kappa shape index (κ3) is 6.11. The van der Waals surface area contributed by atoms with Crippen LogP contribution in [0.15, 0.2) is 255 Å². The van der Waals surface area contributed by atoms with E-state index in [1.165, 1.54) is 132 Å². The Morgan fingerprint density at radius 3 is 0.945 bits per heavy atom. The van der Waals surface area contributed by atoms with Crippen LogP contribution in [0, 0.1) is 0 Å². The van der Waals surface area contributed by atoms with Gasteiger partial charge in [0, 0.05) is 49.8 Å². The zero-order chi connectivity index (χ0) is 48.4. The fraction of sp³-hybridized carbons (Fsp3) is 0.0423. The highest BCUT2D eigenvalue weighted by Gasteiger charge is 2.37. The minimum Gasteiger partial charge on any atom is -0.309 e. The molecule has 73 heavy (non-hydrogen) atoms. The van der Waals surface area contributed by atoms with Gasteiger partial charge in [-0.2, -0.15) is 0 Å². The second-order valence-electron chi connectivity index (χ2n) is 20.3. The van der Waals surface area contributed by atoms with Crippen molar-refractivity contribution in [1.82, 2.24) is 9.13 Å². The Kier molecular flexibility index (Phi) is 9.04. The summed E-state index contributed by atoms with van der Waals surface area (Å²) in [6, 6.07) is 94.9. The van der Waals surface area contributed by atoms with Crippen LogP contribution in [-0.4, -0.2) is 9.13 Å². The van der Waals surface area contributed by atoms with Crippen LogP contribution in [0.3, 0.4) is 0 Å². The lowest BCUT2D eigenvalue weighted by Gasteiger charge is -2.24. The normalized spacial score (nSPS) is 12.9. The van der Waals surface area contributed by atoms with Gasteiger partial charge in [0.2, 0.25) is 0 Å². The first kappa shape index (κ1) is 41.5. The summed E-state index contributed by atoms with van der Waals surface area (Å²) < 4.78 is 5.10. The Morgan fingerprint density at radius 2 is 0.562 bits per heavy atom. The summed E-state index contributed by atoms with van der Waals surface area (Å²) in [5.74, 6) is 0. The minimum absolute atomic E-state index is 0.321. The molecular formula is C71H48N2. The average molecular weight is 929 g/mol. The van der Waals surface area contributed by atoms with Gasteiger partial charge < -0.3 is 9.13 Å². The zero-order valence-electron chi connectivity index (χ0n) is 40.6. The molecule has 0 saturated carbocycles. The van der Waals surface area contributed by atoms with Crippen molar-refractivity contribution in [3.05, 3.63) is 266 Å². The number of hydrogen-bond donors (Lipinski definition) is 0. The summed E-state index contributed by atoms with van der Waals surface area (Å²) in [6.07, 6.45) is 0. The largest absolute Gasteiger partial charge is 0.309 e. The van der Waals surface area contributed by atoms with Crippen molar-refractivity contribution in [3.8, 4) is 67.3 Å². The predicted molar refractivity (Wildman–Crippen MR) is 309 cm³/mol. The molecule has 2 heteroatoms. The lowest BCUT2D eigenvalue weighted by Crippen LogP contribution is -2.16. The molecule has 0 N–H and O–H groups in total. The molecule has 1 aliphatic carbocycles. The van der Waals surface area contributed by atoms with Crippen molar-refractivity contribution >= 4 is 64.9 Å².